The summed E-state index contributed by atoms with van der Waals surface area (Å²) in [5.74, 6) is 0.857. The van der Waals surface area contributed by atoms with E-state index in [-0.39, 0.29) is 37.2 Å². The largest absolute Gasteiger partial charge is 0.465 e. The number of nitrogens with zero attached hydrogens (tertiary/aromatic N) is 3. The van der Waals surface area contributed by atoms with Gasteiger partial charge < -0.3 is 30.1 Å². The summed E-state index contributed by atoms with van der Waals surface area (Å²) in [6.45, 7) is 4.65. The number of morpholine rings is 1. The topological polar surface area (TPSA) is 106 Å². The molecule has 0 aromatic heterocycles. The maximum atomic E-state index is 13.7. The van der Waals surface area contributed by atoms with Crippen molar-refractivity contribution in [1.82, 2.24) is 20.0 Å². The highest BCUT2D eigenvalue weighted by molar-refractivity contribution is 5.82. The lowest BCUT2D eigenvalue weighted by Gasteiger charge is -2.47. The van der Waals surface area contributed by atoms with Crippen molar-refractivity contribution in [3.8, 4) is 0 Å². The number of fused-ring (bicyclic) bond motifs is 2. The van der Waals surface area contributed by atoms with Gasteiger partial charge in [-0.2, -0.15) is 0 Å². The number of hydrogen-bond donors (Lipinski definition) is 3. The molecule has 35 heavy (non-hydrogen) atoms. The molecule has 0 bridgehead atoms. The van der Waals surface area contributed by atoms with Crippen molar-refractivity contribution in [3.05, 3.63) is 0 Å². The van der Waals surface area contributed by atoms with Gasteiger partial charge in [-0.15, -0.1) is 0 Å². The minimum absolute atomic E-state index is 0.0249. The number of nitrogens with one attached hydrogen (secondary N) is 1. The van der Waals surface area contributed by atoms with Gasteiger partial charge in [0.25, 0.3) is 5.91 Å². The van der Waals surface area contributed by atoms with Crippen LogP contribution >= 0.6 is 0 Å². The van der Waals surface area contributed by atoms with E-state index in [1.54, 1.807) is 0 Å². The third-order valence-electron chi connectivity index (χ3n) is 9.32. The predicted molar refractivity (Wildman–Crippen MR) is 131 cm³/mol. The number of rotatable bonds is 7. The number of carbonyl (C=O) groups excluding carboxylic acids is 1. The molecule has 4 unspecified atom stereocenters. The van der Waals surface area contributed by atoms with Crippen LogP contribution in [0.3, 0.4) is 0 Å². The Morgan fingerprint density at radius 2 is 1.89 bits per heavy atom. The average Bonchev–Trinajstić information content (AvgIpc) is 3.68. The zero-order chi connectivity index (χ0) is 24.4. The first kappa shape index (κ1) is 25.2. The normalized spacial score (nSPS) is 36.1. The molecule has 9 nitrogen and oxygen atoms in total. The molecule has 198 valence electrons. The second-order valence-corrected chi connectivity index (χ2v) is 11.5. The van der Waals surface area contributed by atoms with Gasteiger partial charge in [0.15, 0.2) is 6.10 Å². The highest BCUT2D eigenvalue weighted by Gasteiger charge is 2.54. The first-order valence-corrected chi connectivity index (χ1v) is 14.0. The second-order valence-electron chi connectivity index (χ2n) is 11.5. The molecule has 2 saturated carbocycles. The predicted octanol–water partition coefficient (Wildman–Crippen LogP) is 1.74. The minimum Gasteiger partial charge on any atom is -0.465 e. The monoisotopic (exact) mass is 492 g/mol. The van der Waals surface area contributed by atoms with Gasteiger partial charge in [-0.1, -0.05) is 19.3 Å². The Labute approximate surface area is 209 Å². The van der Waals surface area contributed by atoms with E-state index in [1.807, 2.05) is 0 Å². The molecule has 1 spiro atoms. The lowest BCUT2D eigenvalue weighted by molar-refractivity contribution is -0.150. The molecule has 0 aromatic carbocycles. The maximum Gasteiger partial charge on any atom is 0.407 e. The molecule has 2 amide bonds. The van der Waals surface area contributed by atoms with Crippen LogP contribution in [-0.2, 0) is 9.53 Å². The van der Waals surface area contributed by atoms with Gasteiger partial charge in [0.05, 0.1) is 13.2 Å². The smallest absolute Gasteiger partial charge is 0.407 e. The molecule has 3 saturated heterocycles. The summed E-state index contributed by atoms with van der Waals surface area (Å²) in [4.78, 5) is 31.2. The molecule has 0 radical (unpaired) electrons. The van der Waals surface area contributed by atoms with Crippen LogP contribution in [0.25, 0.3) is 0 Å². The van der Waals surface area contributed by atoms with Crippen molar-refractivity contribution < 1.29 is 24.5 Å². The number of carboxylic acid groups (broad SMARTS) is 1. The van der Waals surface area contributed by atoms with Crippen molar-refractivity contribution in [2.75, 3.05) is 52.5 Å². The van der Waals surface area contributed by atoms with Crippen molar-refractivity contribution in [1.29, 1.82) is 0 Å². The number of aliphatic hydroxyl groups excluding tert-OH is 1. The van der Waals surface area contributed by atoms with E-state index in [1.165, 1.54) is 49.8 Å². The van der Waals surface area contributed by atoms with Crippen LogP contribution in [0.4, 0.5) is 4.79 Å². The summed E-state index contributed by atoms with van der Waals surface area (Å²) >= 11 is 0. The summed E-state index contributed by atoms with van der Waals surface area (Å²) < 4.78 is 5.81. The lowest BCUT2D eigenvalue weighted by Crippen LogP contribution is -2.59. The number of hydrogen-bond acceptors (Lipinski definition) is 6. The van der Waals surface area contributed by atoms with Crippen LogP contribution in [0.5, 0.6) is 0 Å². The van der Waals surface area contributed by atoms with E-state index in [0.717, 1.165) is 45.4 Å². The Bertz CT molecular complexity index is 756. The number of piperidine rings is 1. The molecule has 5 aliphatic rings. The van der Waals surface area contributed by atoms with Crippen molar-refractivity contribution in [2.24, 2.45) is 11.8 Å². The number of ether oxygens (including phenoxy) is 1. The maximum absolute atomic E-state index is 13.7. The van der Waals surface area contributed by atoms with E-state index in [2.05, 4.69) is 15.1 Å². The minimum atomic E-state index is -0.981. The number of likely N-dealkylation sites (tertiary alicyclic amines) is 1. The number of amides is 2. The number of carbonyl (C=O) groups is 2. The lowest BCUT2D eigenvalue weighted by atomic mass is 9.68. The SMILES string of the molecule is O=C(O)N1CCO[C@@H](C(=O)N(CC2CN(CCCO)C3CCCCC4(CCCCN4)C23)C2CC2)C1. The highest BCUT2D eigenvalue weighted by Crippen LogP contribution is 2.48. The van der Waals surface area contributed by atoms with E-state index in [0.29, 0.717) is 24.4 Å². The number of aliphatic hydroxyl groups is 1. The second kappa shape index (κ2) is 10.9. The molecule has 5 rings (SSSR count). The Kier molecular flexibility index (Phi) is 7.87. The summed E-state index contributed by atoms with van der Waals surface area (Å²) in [6.07, 6.45) is 9.82. The first-order valence-electron chi connectivity index (χ1n) is 14.0. The summed E-state index contributed by atoms with van der Waals surface area (Å²) in [5, 5.41) is 23.0. The van der Waals surface area contributed by atoms with Crippen LogP contribution in [-0.4, -0.2) is 113 Å². The van der Waals surface area contributed by atoms with Crippen molar-refractivity contribution in [2.45, 2.75) is 87.9 Å². The van der Waals surface area contributed by atoms with E-state index >= 15 is 0 Å². The average molecular weight is 493 g/mol. The molecular weight excluding hydrogens is 448 g/mol. The third kappa shape index (κ3) is 5.33. The molecule has 3 aliphatic heterocycles. The Morgan fingerprint density at radius 1 is 1.09 bits per heavy atom. The van der Waals surface area contributed by atoms with Crippen LogP contribution in [0.1, 0.15) is 64.2 Å². The molecule has 9 heteroatoms. The van der Waals surface area contributed by atoms with Crippen LogP contribution in [0, 0.1) is 11.8 Å². The van der Waals surface area contributed by atoms with Crippen LogP contribution in [0.2, 0.25) is 0 Å². The fraction of sp³-hybridized carbons (Fsp3) is 0.923. The van der Waals surface area contributed by atoms with Gasteiger partial charge in [0, 0.05) is 50.4 Å². The van der Waals surface area contributed by atoms with Gasteiger partial charge in [-0.3, -0.25) is 9.69 Å². The molecule has 3 N–H and O–H groups in total. The van der Waals surface area contributed by atoms with Gasteiger partial charge in [0.2, 0.25) is 0 Å². The molecule has 3 heterocycles. The molecular formula is C26H44N4O5. The van der Waals surface area contributed by atoms with E-state index in [9.17, 15) is 19.8 Å². The van der Waals surface area contributed by atoms with Gasteiger partial charge in [0.1, 0.15) is 0 Å². The molecule has 5 fully saturated rings. The summed E-state index contributed by atoms with van der Waals surface area (Å²) in [5.41, 5.74) is 0.151. The summed E-state index contributed by atoms with van der Waals surface area (Å²) in [6, 6.07) is 0.765. The molecule has 2 aliphatic carbocycles. The fourth-order valence-corrected chi connectivity index (χ4v) is 7.64. The Hall–Kier alpha value is -1.42. The van der Waals surface area contributed by atoms with Gasteiger partial charge >= 0.3 is 6.09 Å². The zero-order valence-electron chi connectivity index (χ0n) is 21.1. The molecule has 5 atom stereocenters. The zero-order valence-corrected chi connectivity index (χ0v) is 21.1. The van der Waals surface area contributed by atoms with E-state index < -0.39 is 12.2 Å². The summed E-state index contributed by atoms with van der Waals surface area (Å²) in [7, 11) is 0. The Balaban J connectivity index is 1.37. The Morgan fingerprint density at radius 3 is 2.57 bits per heavy atom. The third-order valence-corrected chi connectivity index (χ3v) is 9.32. The quantitative estimate of drug-likeness (QED) is 0.497. The van der Waals surface area contributed by atoms with Gasteiger partial charge in [-0.25, -0.2) is 4.79 Å². The fourth-order valence-electron chi connectivity index (χ4n) is 7.64. The highest BCUT2D eigenvalue weighted by atomic mass is 16.5. The van der Waals surface area contributed by atoms with Crippen molar-refractivity contribution >= 4 is 12.0 Å². The van der Waals surface area contributed by atoms with Crippen LogP contribution < -0.4 is 5.32 Å². The van der Waals surface area contributed by atoms with E-state index in [4.69, 9.17) is 4.74 Å². The van der Waals surface area contributed by atoms with Crippen molar-refractivity contribution in [3.63, 3.8) is 0 Å². The standard InChI is InChI=1S/C26H44N4O5/c31-14-5-12-28-16-19(23-21(28)6-1-2-9-26(23)10-3-4-11-27-26)17-30(20-7-8-20)24(32)22-18-29(25(33)34)13-15-35-22/h19-23,27,31H,1-18H2,(H,33,34)/t19?,21?,22-,23?,26?/m1/s1. The van der Waals surface area contributed by atoms with Gasteiger partial charge in [-0.05, 0) is 63.3 Å². The molecule has 0 aromatic rings. The van der Waals surface area contributed by atoms with Crippen LogP contribution in [0.15, 0.2) is 0 Å². The first-order chi connectivity index (χ1) is 17.0.